The first-order valence-electron chi connectivity index (χ1n) is 4.76. The molecule has 0 aliphatic carbocycles. The monoisotopic (exact) mass is 364 g/mol. The predicted octanol–water partition coefficient (Wildman–Crippen LogP) is 4.12. The number of hydrogen-bond donors (Lipinski definition) is 0. The lowest BCUT2D eigenvalue weighted by atomic mass is 10.1. The Bertz CT molecular complexity index is 475. The van der Waals surface area contributed by atoms with Crippen molar-refractivity contribution >= 4 is 49.6 Å². The smallest absolute Gasteiger partial charge is 0.288 e. The molecule has 0 saturated heterocycles. The molecule has 1 rings (SSSR count). The van der Waals surface area contributed by atoms with Crippen molar-refractivity contribution in [3.05, 3.63) is 30.7 Å². The van der Waals surface area contributed by atoms with Crippen molar-refractivity contribution < 1.29 is 9.66 Å². The molecular weight excluding hydrogens is 356 g/mol. The summed E-state index contributed by atoms with van der Waals surface area (Å²) < 4.78 is 6.07. The summed E-state index contributed by atoms with van der Waals surface area (Å²) in [6, 6.07) is 1.60. The molecule has 17 heavy (non-hydrogen) atoms. The fraction of sp³-hybridized carbons (Fsp3) is 0.300. The molecule has 0 saturated carbocycles. The van der Waals surface area contributed by atoms with Gasteiger partial charge in [-0.25, -0.2) is 4.99 Å². The number of aliphatic imine (C=N–C) groups is 1. The summed E-state index contributed by atoms with van der Waals surface area (Å²) in [7, 11) is 0. The Balaban J connectivity index is 3.30. The van der Waals surface area contributed by atoms with Gasteiger partial charge >= 0.3 is 0 Å². The van der Waals surface area contributed by atoms with Crippen LogP contribution in [0.1, 0.15) is 12.5 Å². The van der Waals surface area contributed by atoms with Crippen molar-refractivity contribution in [1.29, 1.82) is 0 Å². The first kappa shape index (κ1) is 14.1. The standard InChI is InChI=1S/C10H10Br2N2O3/c1-3-17-5-13-9-6(2)10(14(15)16)8(12)4-7(9)11/h4-5H,3H2,1-2H3. The summed E-state index contributed by atoms with van der Waals surface area (Å²) in [4.78, 5) is 14.5. The average Bonchev–Trinajstić information content (AvgIpc) is 2.21. The minimum Gasteiger partial charge on any atom is -0.483 e. The summed E-state index contributed by atoms with van der Waals surface area (Å²) in [6.07, 6.45) is 1.28. The van der Waals surface area contributed by atoms with Gasteiger partial charge in [-0.1, -0.05) is 0 Å². The van der Waals surface area contributed by atoms with Gasteiger partial charge in [0.05, 0.1) is 27.3 Å². The normalized spacial score (nSPS) is 10.8. The van der Waals surface area contributed by atoms with Crippen LogP contribution in [0.15, 0.2) is 20.0 Å². The Hall–Kier alpha value is -0.950. The molecule has 0 fully saturated rings. The van der Waals surface area contributed by atoms with E-state index in [1.165, 1.54) is 6.40 Å². The topological polar surface area (TPSA) is 64.7 Å². The van der Waals surface area contributed by atoms with E-state index < -0.39 is 4.92 Å². The Kier molecular flexibility index (Phi) is 5.07. The van der Waals surface area contributed by atoms with E-state index in [0.29, 0.717) is 26.8 Å². The molecule has 0 atom stereocenters. The maximum Gasteiger partial charge on any atom is 0.288 e. The Labute approximate surface area is 115 Å². The van der Waals surface area contributed by atoms with Crippen LogP contribution >= 0.6 is 31.9 Å². The molecule has 7 heteroatoms. The summed E-state index contributed by atoms with van der Waals surface area (Å²) in [5, 5.41) is 10.9. The third kappa shape index (κ3) is 3.26. The van der Waals surface area contributed by atoms with Gasteiger partial charge in [0, 0.05) is 4.47 Å². The summed E-state index contributed by atoms with van der Waals surface area (Å²) in [5.74, 6) is 0. The lowest BCUT2D eigenvalue weighted by Gasteiger charge is -2.06. The summed E-state index contributed by atoms with van der Waals surface area (Å²) >= 11 is 6.47. The van der Waals surface area contributed by atoms with Gasteiger partial charge in [-0.05, 0) is 51.8 Å². The highest BCUT2D eigenvalue weighted by Crippen LogP contribution is 2.40. The van der Waals surface area contributed by atoms with E-state index in [1.807, 2.05) is 6.92 Å². The SMILES string of the molecule is CCOC=Nc1c(Br)cc(Br)c([N+](=O)[O-])c1C. The van der Waals surface area contributed by atoms with Gasteiger partial charge in [0.25, 0.3) is 5.69 Å². The van der Waals surface area contributed by atoms with Crippen LogP contribution in [0, 0.1) is 17.0 Å². The molecule has 0 heterocycles. The molecule has 92 valence electrons. The molecule has 0 amide bonds. The molecule has 5 nitrogen and oxygen atoms in total. The highest BCUT2D eigenvalue weighted by molar-refractivity contribution is 9.11. The zero-order valence-corrected chi connectivity index (χ0v) is 12.4. The highest BCUT2D eigenvalue weighted by Gasteiger charge is 2.21. The predicted molar refractivity (Wildman–Crippen MR) is 73.0 cm³/mol. The number of halogens is 2. The minimum atomic E-state index is -0.439. The Morgan fingerprint density at radius 1 is 1.53 bits per heavy atom. The van der Waals surface area contributed by atoms with Crippen LogP contribution in [-0.2, 0) is 4.74 Å². The maximum atomic E-state index is 10.9. The van der Waals surface area contributed by atoms with Crippen molar-refractivity contribution in [3.63, 3.8) is 0 Å². The van der Waals surface area contributed by atoms with Crippen molar-refractivity contribution in [1.82, 2.24) is 0 Å². The highest BCUT2D eigenvalue weighted by atomic mass is 79.9. The number of rotatable bonds is 4. The lowest BCUT2D eigenvalue weighted by molar-refractivity contribution is -0.386. The van der Waals surface area contributed by atoms with E-state index in [1.54, 1.807) is 13.0 Å². The zero-order chi connectivity index (χ0) is 13.0. The third-order valence-corrected chi connectivity index (χ3v) is 3.23. The second kappa shape index (κ2) is 6.11. The largest absolute Gasteiger partial charge is 0.483 e. The molecule has 0 N–H and O–H groups in total. The van der Waals surface area contributed by atoms with E-state index in [2.05, 4.69) is 36.9 Å². The van der Waals surface area contributed by atoms with Crippen LogP contribution in [0.4, 0.5) is 11.4 Å². The van der Waals surface area contributed by atoms with Gasteiger partial charge in [-0.3, -0.25) is 10.1 Å². The number of ether oxygens (including phenoxy) is 1. The average molecular weight is 366 g/mol. The molecule has 0 aliphatic heterocycles. The summed E-state index contributed by atoms with van der Waals surface area (Å²) in [6.45, 7) is 3.98. The molecule has 0 aliphatic rings. The first-order chi connectivity index (χ1) is 7.99. The second-order valence-electron chi connectivity index (χ2n) is 3.11. The second-order valence-corrected chi connectivity index (χ2v) is 4.82. The molecular formula is C10H10Br2N2O3. The third-order valence-electron chi connectivity index (χ3n) is 2.02. The van der Waals surface area contributed by atoms with Gasteiger partial charge in [0.1, 0.15) is 0 Å². The van der Waals surface area contributed by atoms with Gasteiger partial charge in [0.2, 0.25) is 0 Å². The van der Waals surface area contributed by atoms with Gasteiger partial charge < -0.3 is 4.74 Å². The Morgan fingerprint density at radius 2 is 2.18 bits per heavy atom. The summed E-state index contributed by atoms with van der Waals surface area (Å²) in [5.41, 5.74) is 0.984. The van der Waals surface area contributed by atoms with E-state index >= 15 is 0 Å². The van der Waals surface area contributed by atoms with E-state index in [0.717, 1.165) is 0 Å². The fourth-order valence-electron chi connectivity index (χ4n) is 1.27. The zero-order valence-electron chi connectivity index (χ0n) is 9.24. The fourth-order valence-corrected chi connectivity index (χ4v) is 2.87. The van der Waals surface area contributed by atoms with Crippen LogP contribution in [0.3, 0.4) is 0 Å². The van der Waals surface area contributed by atoms with E-state index in [-0.39, 0.29) is 5.69 Å². The number of nitrogens with zero attached hydrogens (tertiary/aromatic N) is 2. The van der Waals surface area contributed by atoms with E-state index in [9.17, 15) is 10.1 Å². The number of nitro groups is 1. The van der Waals surface area contributed by atoms with Crippen LogP contribution in [0.2, 0.25) is 0 Å². The maximum absolute atomic E-state index is 10.9. The Morgan fingerprint density at radius 3 is 2.71 bits per heavy atom. The molecule has 0 bridgehead atoms. The van der Waals surface area contributed by atoms with Crippen molar-refractivity contribution in [2.24, 2.45) is 4.99 Å². The molecule has 0 spiro atoms. The lowest BCUT2D eigenvalue weighted by Crippen LogP contribution is -1.94. The van der Waals surface area contributed by atoms with Crippen molar-refractivity contribution in [2.75, 3.05) is 6.61 Å². The number of nitro benzene ring substituents is 1. The quantitative estimate of drug-likeness (QED) is 0.349. The molecule has 0 radical (unpaired) electrons. The van der Waals surface area contributed by atoms with Crippen molar-refractivity contribution in [3.8, 4) is 0 Å². The molecule has 0 unspecified atom stereocenters. The van der Waals surface area contributed by atoms with Crippen LogP contribution in [-0.4, -0.2) is 17.9 Å². The van der Waals surface area contributed by atoms with Gasteiger partial charge in [-0.2, -0.15) is 0 Å². The van der Waals surface area contributed by atoms with E-state index in [4.69, 9.17) is 4.74 Å². The van der Waals surface area contributed by atoms with Crippen LogP contribution < -0.4 is 0 Å². The van der Waals surface area contributed by atoms with Crippen molar-refractivity contribution in [2.45, 2.75) is 13.8 Å². The molecule has 1 aromatic rings. The number of hydrogen-bond acceptors (Lipinski definition) is 4. The molecule has 1 aromatic carbocycles. The first-order valence-corrected chi connectivity index (χ1v) is 6.34. The number of benzene rings is 1. The molecule has 0 aromatic heterocycles. The van der Waals surface area contributed by atoms with Gasteiger partial charge in [0.15, 0.2) is 6.40 Å². The van der Waals surface area contributed by atoms with Gasteiger partial charge in [-0.15, -0.1) is 0 Å². The van der Waals surface area contributed by atoms with Crippen LogP contribution in [0.25, 0.3) is 0 Å². The van der Waals surface area contributed by atoms with Crippen LogP contribution in [0.5, 0.6) is 0 Å². The minimum absolute atomic E-state index is 0.0110.